The zero-order valence-electron chi connectivity index (χ0n) is 11.0. The molecule has 0 radical (unpaired) electrons. The van der Waals surface area contributed by atoms with Crippen molar-refractivity contribution in [2.75, 3.05) is 0 Å². The van der Waals surface area contributed by atoms with Crippen LogP contribution in [0.5, 0.6) is 0 Å². The van der Waals surface area contributed by atoms with Gasteiger partial charge in [-0.05, 0) is 43.1 Å². The van der Waals surface area contributed by atoms with Crippen LogP contribution < -0.4 is 0 Å². The molecule has 0 bridgehead atoms. The van der Waals surface area contributed by atoms with Gasteiger partial charge in [-0.1, -0.05) is 20.8 Å². The molecular formula is C13H19N3S. The third-order valence-electron chi connectivity index (χ3n) is 3.33. The van der Waals surface area contributed by atoms with Crippen molar-refractivity contribution in [3.8, 4) is 0 Å². The van der Waals surface area contributed by atoms with Crippen LogP contribution in [-0.2, 0) is 0 Å². The van der Waals surface area contributed by atoms with Gasteiger partial charge in [0.25, 0.3) is 0 Å². The number of imidazole rings is 1. The highest BCUT2D eigenvalue weighted by Crippen LogP contribution is 2.32. The van der Waals surface area contributed by atoms with Crippen molar-refractivity contribution < 1.29 is 0 Å². The Morgan fingerprint density at radius 3 is 2.65 bits per heavy atom. The standard InChI is InChI=1S/C13H19N3S/c1-8-6-10-11(14-7-8)16(12(17)15-10)9(2)13(3,4)5/h6-7,9H,1-5H3,(H,15,17). The molecule has 4 heteroatoms. The number of H-pyrrole nitrogens is 1. The van der Waals surface area contributed by atoms with Crippen LogP contribution >= 0.6 is 12.2 Å². The van der Waals surface area contributed by atoms with Crippen LogP contribution in [0.4, 0.5) is 0 Å². The number of aromatic nitrogens is 3. The van der Waals surface area contributed by atoms with Crippen molar-refractivity contribution in [2.24, 2.45) is 5.41 Å². The SMILES string of the molecule is Cc1cnc2c(c1)[nH]c(=S)n2C(C)C(C)(C)C. The highest BCUT2D eigenvalue weighted by Gasteiger charge is 2.24. The van der Waals surface area contributed by atoms with Gasteiger partial charge in [-0.25, -0.2) is 4.98 Å². The minimum absolute atomic E-state index is 0.153. The zero-order valence-corrected chi connectivity index (χ0v) is 11.9. The van der Waals surface area contributed by atoms with E-state index >= 15 is 0 Å². The van der Waals surface area contributed by atoms with Crippen LogP contribution in [0.15, 0.2) is 12.3 Å². The summed E-state index contributed by atoms with van der Waals surface area (Å²) in [7, 11) is 0. The number of hydrogen-bond acceptors (Lipinski definition) is 2. The topological polar surface area (TPSA) is 33.6 Å². The Kier molecular flexibility index (Phi) is 2.86. The van der Waals surface area contributed by atoms with E-state index in [-0.39, 0.29) is 5.41 Å². The normalized spacial score (nSPS) is 14.2. The second-order valence-corrected chi connectivity index (χ2v) is 6.11. The molecule has 2 rings (SSSR count). The Balaban J connectivity index is 2.70. The fraction of sp³-hybridized carbons (Fsp3) is 0.538. The van der Waals surface area contributed by atoms with Gasteiger partial charge in [-0.3, -0.25) is 4.57 Å². The summed E-state index contributed by atoms with van der Waals surface area (Å²) in [4.78, 5) is 7.74. The molecule has 0 saturated heterocycles. The van der Waals surface area contributed by atoms with E-state index in [4.69, 9.17) is 12.2 Å². The number of hydrogen-bond donors (Lipinski definition) is 1. The molecule has 0 saturated carbocycles. The zero-order chi connectivity index (χ0) is 12.8. The van der Waals surface area contributed by atoms with Crippen LogP contribution in [0.1, 0.15) is 39.3 Å². The maximum atomic E-state index is 5.41. The maximum Gasteiger partial charge on any atom is 0.179 e. The molecule has 17 heavy (non-hydrogen) atoms. The third kappa shape index (κ3) is 2.14. The Bertz CT molecular complexity index is 601. The van der Waals surface area contributed by atoms with Gasteiger partial charge in [-0.2, -0.15) is 0 Å². The smallest absolute Gasteiger partial charge is 0.179 e. The monoisotopic (exact) mass is 249 g/mol. The summed E-state index contributed by atoms with van der Waals surface area (Å²) in [5.74, 6) is 0. The average Bonchev–Trinajstić information content (AvgIpc) is 2.50. The van der Waals surface area contributed by atoms with Gasteiger partial charge >= 0.3 is 0 Å². The lowest BCUT2D eigenvalue weighted by molar-refractivity contribution is 0.265. The van der Waals surface area contributed by atoms with Crippen LogP contribution in [0.3, 0.4) is 0 Å². The van der Waals surface area contributed by atoms with E-state index in [0.717, 1.165) is 21.5 Å². The Labute approximate surface area is 107 Å². The van der Waals surface area contributed by atoms with Crippen LogP contribution in [-0.4, -0.2) is 14.5 Å². The first-order valence-corrected chi connectivity index (χ1v) is 6.28. The second-order valence-electron chi connectivity index (χ2n) is 5.73. The number of fused-ring (bicyclic) bond motifs is 1. The number of aryl methyl sites for hydroxylation is 1. The fourth-order valence-corrected chi connectivity index (χ4v) is 2.22. The predicted octanol–water partition coefficient (Wildman–Crippen LogP) is 4.01. The van der Waals surface area contributed by atoms with Crippen molar-refractivity contribution in [1.82, 2.24) is 14.5 Å². The molecular weight excluding hydrogens is 230 g/mol. The van der Waals surface area contributed by atoms with Crippen molar-refractivity contribution in [2.45, 2.75) is 40.7 Å². The molecule has 0 fully saturated rings. The lowest BCUT2D eigenvalue weighted by Crippen LogP contribution is -2.21. The molecule has 92 valence electrons. The van der Waals surface area contributed by atoms with Gasteiger partial charge < -0.3 is 4.98 Å². The molecule has 2 heterocycles. The first-order chi connectivity index (χ1) is 7.80. The van der Waals surface area contributed by atoms with Crippen LogP contribution in [0, 0.1) is 17.1 Å². The molecule has 0 spiro atoms. The highest BCUT2D eigenvalue weighted by molar-refractivity contribution is 7.71. The summed E-state index contributed by atoms with van der Waals surface area (Å²) >= 11 is 5.41. The van der Waals surface area contributed by atoms with Crippen LogP contribution in [0.25, 0.3) is 11.2 Å². The van der Waals surface area contributed by atoms with Gasteiger partial charge in [0.05, 0.1) is 5.52 Å². The molecule has 2 aromatic rings. The summed E-state index contributed by atoms with van der Waals surface area (Å²) in [5.41, 5.74) is 3.26. The van der Waals surface area contributed by atoms with E-state index < -0.39 is 0 Å². The van der Waals surface area contributed by atoms with E-state index in [2.05, 4.69) is 48.3 Å². The summed E-state index contributed by atoms with van der Waals surface area (Å²) in [5, 5.41) is 0. The summed E-state index contributed by atoms with van der Waals surface area (Å²) < 4.78 is 2.87. The number of rotatable bonds is 1. The van der Waals surface area contributed by atoms with Gasteiger partial charge in [0.2, 0.25) is 0 Å². The Morgan fingerprint density at radius 1 is 1.41 bits per heavy atom. The molecule has 0 aliphatic heterocycles. The van der Waals surface area contributed by atoms with E-state index in [1.54, 1.807) is 0 Å². The van der Waals surface area contributed by atoms with Gasteiger partial charge in [0.1, 0.15) is 0 Å². The first-order valence-electron chi connectivity index (χ1n) is 5.87. The lowest BCUT2D eigenvalue weighted by atomic mass is 9.88. The molecule has 0 aliphatic rings. The van der Waals surface area contributed by atoms with Crippen molar-refractivity contribution in [3.63, 3.8) is 0 Å². The summed E-state index contributed by atoms with van der Waals surface area (Å²) in [6.45, 7) is 10.9. The molecule has 0 aromatic carbocycles. The summed E-state index contributed by atoms with van der Waals surface area (Å²) in [6, 6.07) is 2.39. The van der Waals surface area contributed by atoms with E-state index in [1.807, 2.05) is 13.1 Å². The number of nitrogens with one attached hydrogen (secondary N) is 1. The maximum absolute atomic E-state index is 5.41. The average molecular weight is 249 g/mol. The molecule has 3 nitrogen and oxygen atoms in total. The van der Waals surface area contributed by atoms with E-state index in [1.165, 1.54) is 0 Å². The van der Waals surface area contributed by atoms with Crippen LogP contribution in [0.2, 0.25) is 0 Å². The third-order valence-corrected chi connectivity index (χ3v) is 3.63. The number of nitrogens with zero attached hydrogens (tertiary/aromatic N) is 2. The molecule has 1 atom stereocenters. The van der Waals surface area contributed by atoms with E-state index in [9.17, 15) is 0 Å². The predicted molar refractivity (Wildman–Crippen MR) is 73.8 cm³/mol. The fourth-order valence-electron chi connectivity index (χ4n) is 1.86. The second kappa shape index (κ2) is 3.95. The van der Waals surface area contributed by atoms with Crippen molar-refractivity contribution in [3.05, 3.63) is 22.6 Å². The van der Waals surface area contributed by atoms with Gasteiger partial charge in [0.15, 0.2) is 10.4 Å². The Hall–Kier alpha value is -1.16. The Morgan fingerprint density at radius 2 is 2.06 bits per heavy atom. The lowest BCUT2D eigenvalue weighted by Gasteiger charge is -2.28. The van der Waals surface area contributed by atoms with E-state index in [0.29, 0.717) is 6.04 Å². The largest absolute Gasteiger partial charge is 0.329 e. The molecule has 1 N–H and O–H groups in total. The molecule has 0 amide bonds. The first kappa shape index (κ1) is 12.3. The minimum atomic E-state index is 0.153. The number of pyridine rings is 1. The highest BCUT2D eigenvalue weighted by atomic mass is 32.1. The van der Waals surface area contributed by atoms with Crippen molar-refractivity contribution in [1.29, 1.82) is 0 Å². The number of aromatic amines is 1. The van der Waals surface area contributed by atoms with Gasteiger partial charge in [0, 0.05) is 12.2 Å². The minimum Gasteiger partial charge on any atom is -0.329 e. The molecule has 1 unspecified atom stereocenters. The summed E-state index contributed by atoms with van der Waals surface area (Å²) in [6.07, 6.45) is 1.89. The van der Waals surface area contributed by atoms with Gasteiger partial charge in [-0.15, -0.1) is 0 Å². The quantitative estimate of drug-likeness (QED) is 0.775. The molecule has 0 aliphatic carbocycles. The molecule has 2 aromatic heterocycles. The van der Waals surface area contributed by atoms with Crippen molar-refractivity contribution >= 4 is 23.4 Å².